The van der Waals surface area contributed by atoms with Gasteiger partial charge in [0, 0.05) is 10.2 Å². The van der Waals surface area contributed by atoms with E-state index in [0.717, 1.165) is 10.2 Å². The van der Waals surface area contributed by atoms with Crippen molar-refractivity contribution >= 4 is 37.6 Å². The second-order valence-electron chi connectivity index (χ2n) is 1.85. The van der Waals surface area contributed by atoms with E-state index in [-0.39, 0.29) is 0 Å². The monoisotopic (exact) mass is 236 g/mol. The molecule has 0 unspecified atom stereocenters. The van der Waals surface area contributed by atoms with Gasteiger partial charge in [0.2, 0.25) is 0 Å². The van der Waals surface area contributed by atoms with Gasteiger partial charge < -0.3 is 0 Å². The van der Waals surface area contributed by atoms with E-state index >= 15 is 0 Å². The standard InChI is InChI=1S/C7H6BrClS/c8-5-6-1-3-7(10-9)4-2-6/h1-4H,5H2. The average Bonchev–Trinajstić information content (AvgIpc) is 2.05. The molecule has 10 heavy (non-hydrogen) atoms. The van der Waals surface area contributed by atoms with Crippen LogP contribution < -0.4 is 0 Å². The molecule has 3 heteroatoms. The zero-order valence-corrected chi connectivity index (χ0v) is 8.34. The normalized spacial score (nSPS) is 9.80. The maximum atomic E-state index is 5.53. The van der Waals surface area contributed by atoms with Crippen LogP contribution in [0.3, 0.4) is 0 Å². The number of benzene rings is 1. The fourth-order valence-corrected chi connectivity index (χ4v) is 1.55. The lowest BCUT2D eigenvalue weighted by Crippen LogP contribution is -1.74. The SMILES string of the molecule is ClSc1ccc(CBr)cc1. The second kappa shape index (κ2) is 4.27. The molecule has 0 fully saturated rings. The first-order chi connectivity index (χ1) is 4.86. The first-order valence-electron chi connectivity index (χ1n) is 2.80. The highest BCUT2D eigenvalue weighted by Crippen LogP contribution is 2.22. The van der Waals surface area contributed by atoms with Crippen molar-refractivity contribution in [1.82, 2.24) is 0 Å². The van der Waals surface area contributed by atoms with Gasteiger partial charge in [0.05, 0.1) is 0 Å². The van der Waals surface area contributed by atoms with Crippen LogP contribution in [0.15, 0.2) is 29.2 Å². The Bertz CT molecular complexity index is 174. The van der Waals surface area contributed by atoms with E-state index in [1.807, 2.05) is 12.1 Å². The smallest absolute Gasteiger partial charge is 0.0283 e. The van der Waals surface area contributed by atoms with Crippen LogP contribution in [-0.4, -0.2) is 0 Å². The Morgan fingerprint density at radius 2 is 1.90 bits per heavy atom. The van der Waals surface area contributed by atoms with E-state index in [4.69, 9.17) is 10.7 Å². The molecule has 1 aromatic rings. The molecule has 0 aliphatic carbocycles. The first-order valence-corrected chi connectivity index (χ1v) is 5.56. The summed E-state index contributed by atoms with van der Waals surface area (Å²) in [4.78, 5) is 1.09. The van der Waals surface area contributed by atoms with Gasteiger partial charge in [-0.15, -0.1) is 0 Å². The zero-order valence-electron chi connectivity index (χ0n) is 5.18. The molecular weight excluding hydrogens is 232 g/mol. The van der Waals surface area contributed by atoms with Crippen LogP contribution >= 0.6 is 37.6 Å². The topological polar surface area (TPSA) is 0 Å². The number of hydrogen-bond acceptors (Lipinski definition) is 1. The third kappa shape index (κ3) is 2.19. The van der Waals surface area contributed by atoms with Gasteiger partial charge in [-0.05, 0) is 39.4 Å². The van der Waals surface area contributed by atoms with Crippen molar-refractivity contribution in [3.8, 4) is 0 Å². The Balaban J connectivity index is 2.80. The van der Waals surface area contributed by atoms with Crippen molar-refractivity contribution < 1.29 is 0 Å². The molecule has 1 rings (SSSR count). The maximum Gasteiger partial charge on any atom is 0.0283 e. The van der Waals surface area contributed by atoms with E-state index in [0.29, 0.717) is 0 Å². The minimum atomic E-state index is 0.903. The summed E-state index contributed by atoms with van der Waals surface area (Å²) in [5.41, 5.74) is 1.27. The van der Waals surface area contributed by atoms with Gasteiger partial charge in [-0.2, -0.15) is 0 Å². The van der Waals surface area contributed by atoms with Crippen LogP contribution in [0.5, 0.6) is 0 Å². The maximum absolute atomic E-state index is 5.53. The summed E-state index contributed by atoms with van der Waals surface area (Å²) in [5, 5.41) is 0.903. The van der Waals surface area contributed by atoms with Crippen molar-refractivity contribution in [2.45, 2.75) is 10.2 Å². The highest BCUT2D eigenvalue weighted by atomic mass is 79.9. The quantitative estimate of drug-likeness (QED) is 0.705. The van der Waals surface area contributed by atoms with Crippen molar-refractivity contribution in [2.24, 2.45) is 0 Å². The summed E-state index contributed by atoms with van der Waals surface area (Å²) in [6, 6.07) is 8.13. The van der Waals surface area contributed by atoms with Crippen LogP contribution in [-0.2, 0) is 5.33 Å². The van der Waals surface area contributed by atoms with Crippen molar-refractivity contribution in [3.63, 3.8) is 0 Å². The Morgan fingerprint density at radius 3 is 2.30 bits per heavy atom. The van der Waals surface area contributed by atoms with E-state index < -0.39 is 0 Å². The third-order valence-electron chi connectivity index (χ3n) is 1.17. The van der Waals surface area contributed by atoms with Crippen LogP contribution in [0.2, 0.25) is 0 Å². The average molecular weight is 238 g/mol. The summed E-state index contributed by atoms with van der Waals surface area (Å²) >= 11 is 3.36. The lowest BCUT2D eigenvalue weighted by atomic mass is 10.2. The molecule has 0 atom stereocenters. The third-order valence-corrected chi connectivity index (χ3v) is 2.80. The van der Waals surface area contributed by atoms with E-state index in [1.54, 1.807) is 0 Å². The lowest BCUT2D eigenvalue weighted by Gasteiger charge is -1.95. The van der Waals surface area contributed by atoms with E-state index in [1.165, 1.54) is 16.5 Å². The highest BCUT2D eigenvalue weighted by molar-refractivity contribution is 9.08. The van der Waals surface area contributed by atoms with Gasteiger partial charge in [-0.1, -0.05) is 28.1 Å². The van der Waals surface area contributed by atoms with Crippen molar-refractivity contribution in [1.29, 1.82) is 0 Å². The molecule has 0 bridgehead atoms. The Morgan fingerprint density at radius 1 is 1.30 bits per heavy atom. The highest BCUT2D eigenvalue weighted by Gasteiger charge is 1.90. The Kier molecular flexibility index (Phi) is 3.60. The number of alkyl halides is 1. The van der Waals surface area contributed by atoms with E-state index in [2.05, 4.69) is 28.1 Å². The summed E-state index contributed by atoms with van der Waals surface area (Å²) in [5.74, 6) is 0. The molecule has 0 heterocycles. The van der Waals surface area contributed by atoms with Crippen molar-refractivity contribution in [3.05, 3.63) is 29.8 Å². The summed E-state index contributed by atoms with van der Waals surface area (Å²) < 4.78 is 0. The van der Waals surface area contributed by atoms with Crippen molar-refractivity contribution in [2.75, 3.05) is 0 Å². The number of hydrogen-bond donors (Lipinski definition) is 0. The molecule has 0 aliphatic rings. The fourth-order valence-electron chi connectivity index (χ4n) is 0.630. The predicted molar refractivity (Wildman–Crippen MR) is 50.8 cm³/mol. The van der Waals surface area contributed by atoms with Gasteiger partial charge in [-0.25, -0.2) is 0 Å². The first kappa shape index (κ1) is 8.44. The molecule has 0 radical (unpaired) electrons. The Labute approximate surface area is 77.6 Å². The Hall–Kier alpha value is 0.340. The minimum absolute atomic E-state index is 0.903. The molecule has 0 saturated heterocycles. The summed E-state index contributed by atoms with van der Waals surface area (Å²) in [7, 11) is 6.77. The zero-order chi connectivity index (χ0) is 7.40. The number of halogens is 2. The molecule has 0 aliphatic heterocycles. The van der Waals surface area contributed by atoms with Gasteiger partial charge in [-0.3, -0.25) is 0 Å². The predicted octanol–water partition coefficient (Wildman–Crippen LogP) is 3.83. The molecule has 0 N–H and O–H groups in total. The van der Waals surface area contributed by atoms with Gasteiger partial charge in [0.15, 0.2) is 0 Å². The van der Waals surface area contributed by atoms with Gasteiger partial charge in [0.25, 0.3) is 0 Å². The molecule has 1 aromatic carbocycles. The summed E-state index contributed by atoms with van der Waals surface area (Å²) in [6.07, 6.45) is 0. The molecule has 0 aromatic heterocycles. The molecule has 0 amide bonds. The second-order valence-corrected chi connectivity index (χ2v) is 3.50. The lowest BCUT2D eigenvalue weighted by molar-refractivity contribution is 1.36. The van der Waals surface area contributed by atoms with Crippen LogP contribution in [0.25, 0.3) is 0 Å². The minimum Gasteiger partial charge on any atom is -0.0876 e. The molecule has 0 spiro atoms. The summed E-state index contributed by atoms with van der Waals surface area (Å²) in [6.45, 7) is 0. The van der Waals surface area contributed by atoms with Crippen LogP contribution in [0.4, 0.5) is 0 Å². The van der Waals surface area contributed by atoms with Crippen LogP contribution in [0.1, 0.15) is 5.56 Å². The largest absolute Gasteiger partial charge is 0.0876 e. The van der Waals surface area contributed by atoms with E-state index in [9.17, 15) is 0 Å². The molecule has 0 saturated carbocycles. The fraction of sp³-hybridized carbons (Fsp3) is 0.143. The van der Waals surface area contributed by atoms with Crippen LogP contribution in [0, 0.1) is 0 Å². The number of rotatable bonds is 2. The molecule has 0 nitrogen and oxygen atoms in total. The molecular formula is C7H6BrClS. The van der Waals surface area contributed by atoms with Gasteiger partial charge in [0.1, 0.15) is 0 Å². The molecule has 54 valence electrons. The van der Waals surface area contributed by atoms with Gasteiger partial charge >= 0.3 is 0 Å².